The third-order valence-corrected chi connectivity index (χ3v) is 2.49. The topological polar surface area (TPSA) is 26.0 Å². The predicted octanol–water partition coefficient (Wildman–Crippen LogP) is 3.30. The molecule has 1 unspecified atom stereocenters. The monoisotopic (exact) mass is 239 g/mol. The lowest BCUT2D eigenvalue weighted by molar-refractivity contribution is 0.117. The number of hydrogen-bond donors (Lipinski definition) is 1. The van der Waals surface area contributed by atoms with E-state index >= 15 is 0 Å². The van der Waals surface area contributed by atoms with Gasteiger partial charge in [-0.3, -0.25) is 0 Å². The summed E-state index contributed by atoms with van der Waals surface area (Å²) >= 11 is 11.4. The number of alkyl halides is 2. The molecule has 1 nitrogen and oxygen atoms in total. The Morgan fingerprint density at radius 3 is 2.43 bits per heavy atom. The Labute approximate surface area is 90.8 Å². The van der Waals surface area contributed by atoms with Crippen LogP contribution in [0.1, 0.15) is 11.5 Å². The highest BCUT2D eigenvalue weighted by Gasteiger charge is 2.23. The van der Waals surface area contributed by atoms with Crippen LogP contribution in [0.2, 0.25) is 10.0 Å². The Hall–Kier alpha value is -0.380. The van der Waals surface area contributed by atoms with Crippen molar-refractivity contribution in [3.63, 3.8) is 0 Å². The molecule has 0 aliphatic rings. The van der Waals surface area contributed by atoms with Crippen LogP contribution in [0.4, 0.5) is 8.78 Å². The molecule has 0 aliphatic carbocycles. The maximum Gasteiger partial charge on any atom is 0.246 e. The zero-order valence-corrected chi connectivity index (χ0v) is 8.69. The van der Waals surface area contributed by atoms with Crippen molar-refractivity contribution in [1.29, 1.82) is 0 Å². The van der Waals surface area contributed by atoms with Crippen LogP contribution in [-0.2, 0) is 0 Å². The second kappa shape index (κ2) is 4.91. The molecular formula is C9H9Cl2F2N. The van der Waals surface area contributed by atoms with Gasteiger partial charge < -0.3 is 5.73 Å². The molecule has 1 aromatic rings. The fourth-order valence-corrected chi connectivity index (χ4v) is 1.60. The minimum Gasteiger partial charge on any atom is -0.330 e. The molecule has 1 atom stereocenters. The number of hydrogen-bond acceptors (Lipinski definition) is 1. The normalized spacial score (nSPS) is 13.3. The van der Waals surface area contributed by atoms with E-state index in [-0.39, 0.29) is 11.6 Å². The molecule has 0 saturated carbocycles. The summed E-state index contributed by atoms with van der Waals surface area (Å²) in [6.45, 7) is -0.155. The van der Waals surface area contributed by atoms with Crippen molar-refractivity contribution in [2.24, 2.45) is 5.73 Å². The molecule has 0 amide bonds. The van der Waals surface area contributed by atoms with Crippen molar-refractivity contribution in [1.82, 2.24) is 0 Å². The van der Waals surface area contributed by atoms with Gasteiger partial charge in [-0.15, -0.1) is 0 Å². The van der Waals surface area contributed by atoms with Gasteiger partial charge >= 0.3 is 0 Å². The molecule has 0 heterocycles. The molecular weight excluding hydrogens is 231 g/mol. The van der Waals surface area contributed by atoms with Crippen molar-refractivity contribution in [2.45, 2.75) is 12.3 Å². The maximum absolute atomic E-state index is 12.5. The summed E-state index contributed by atoms with van der Waals surface area (Å²) in [7, 11) is 0. The van der Waals surface area contributed by atoms with Gasteiger partial charge in [-0.25, -0.2) is 8.78 Å². The smallest absolute Gasteiger partial charge is 0.246 e. The van der Waals surface area contributed by atoms with E-state index in [1.807, 2.05) is 0 Å². The Balaban J connectivity index is 3.08. The largest absolute Gasteiger partial charge is 0.330 e. The molecule has 5 heteroatoms. The zero-order chi connectivity index (χ0) is 10.7. The molecule has 0 radical (unpaired) electrons. The second-order valence-corrected chi connectivity index (χ2v) is 3.69. The Kier molecular flexibility index (Phi) is 4.11. The molecule has 0 spiro atoms. The van der Waals surface area contributed by atoms with Crippen LogP contribution in [0.5, 0.6) is 0 Å². The summed E-state index contributed by atoms with van der Waals surface area (Å²) < 4.78 is 25.0. The molecule has 0 aromatic heterocycles. The molecule has 0 fully saturated rings. The third kappa shape index (κ3) is 2.56. The van der Waals surface area contributed by atoms with E-state index in [9.17, 15) is 8.78 Å². The lowest BCUT2D eigenvalue weighted by Crippen LogP contribution is -2.20. The molecule has 0 saturated heterocycles. The lowest BCUT2D eigenvalue weighted by atomic mass is 10.00. The van der Waals surface area contributed by atoms with E-state index < -0.39 is 12.3 Å². The molecule has 0 bridgehead atoms. The molecule has 78 valence electrons. The predicted molar refractivity (Wildman–Crippen MR) is 54.3 cm³/mol. The van der Waals surface area contributed by atoms with Gasteiger partial charge in [-0.2, -0.15) is 0 Å². The minimum atomic E-state index is -2.53. The highest BCUT2D eigenvalue weighted by Crippen LogP contribution is 2.30. The van der Waals surface area contributed by atoms with E-state index in [4.69, 9.17) is 28.9 Å². The highest BCUT2D eigenvalue weighted by molar-refractivity contribution is 6.33. The first-order chi connectivity index (χ1) is 6.56. The Morgan fingerprint density at radius 2 is 1.93 bits per heavy atom. The summed E-state index contributed by atoms with van der Waals surface area (Å²) in [5.74, 6) is -1.05. The standard InChI is InChI=1S/C9H9Cl2F2N/c10-5-1-2-8(11)6(3-5)7(4-14)9(12)13/h1-3,7,9H,4,14H2. The number of halogens is 4. The van der Waals surface area contributed by atoms with Crippen LogP contribution in [0, 0.1) is 0 Å². The SMILES string of the molecule is NCC(c1cc(Cl)ccc1Cl)C(F)F. The fraction of sp³-hybridized carbons (Fsp3) is 0.333. The lowest BCUT2D eigenvalue weighted by Gasteiger charge is -2.15. The third-order valence-electron chi connectivity index (χ3n) is 1.92. The van der Waals surface area contributed by atoms with Gasteiger partial charge in [0, 0.05) is 16.6 Å². The molecule has 1 aromatic carbocycles. The molecule has 2 N–H and O–H groups in total. The van der Waals surface area contributed by atoms with Gasteiger partial charge in [0.15, 0.2) is 0 Å². The van der Waals surface area contributed by atoms with E-state index in [2.05, 4.69) is 0 Å². The quantitative estimate of drug-likeness (QED) is 0.861. The van der Waals surface area contributed by atoms with Gasteiger partial charge in [0.05, 0.1) is 5.92 Å². The van der Waals surface area contributed by atoms with Crippen LogP contribution >= 0.6 is 23.2 Å². The van der Waals surface area contributed by atoms with Crippen LogP contribution in [0.15, 0.2) is 18.2 Å². The number of rotatable bonds is 3. The fourth-order valence-electron chi connectivity index (χ4n) is 1.16. The Bertz CT molecular complexity index is 318. The van der Waals surface area contributed by atoms with E-state index in [1.165, 1.54) is 12.1 Å². The first-order valence-corrected chi connectivity index (χ1v) is 4.75. The van der Waals surface area contributed by atoms with Crippen molar-refractivity contribution >= 4 is 23.2 Å². The van der Waals surface area contributed by atoms with Gasteiger partial charge in [-0.1, -0.05) is 23.2 Å². The van der Waals surface area contributed by atoms with Gasteiger partial charge in [-0.05, 0) is 23.8 Å². The summed E-state index contributed by atoms with van der Waals surface area (Å²) in [6.07, 6.45) is -2.53. The van der Waals surface area contributed by atoms with Crippen LogP contribution in [0.25, 0.3) is 0 Å². The molecule has 1 rings (SSSR count). The molecule has 14 heavy (non-hydrogen) atoms. The average Bonchev–Trinajstić information content (AvgIpc) is 2.11. The van der Waals surface area contributed by atoms with Gasteiger partial charge in [0.1, 0.15) is 0 Å². The summed E-state index contributed by atoms with van der Waals surface area (Å²) in [6, 6.07) is 4.46. The van der Waals surface area contributed by atoms with E-state index in [0.29, 0.717) is 10.6 Å². The minimum absolute atomic E-state index is 0.155. The van der Waals surface area contributed by atoms with Gasteiger partial charge in [0.2, 0.25) is 6.43 Å². The first kappa shape index (κ1) is 11.7. The first-order valence-electron chi connectivity index (χ1n) is 3.99. The Morgan fingerprint density at radius 1 is 1.29 bits per heavy atom. The number of nitrogens with two attached hydrogens (primary N) is 1. The van der Waals surface area contributed by atoms with E-state index in [0.717, 1.165) is 0 Å². The van der Waals surface area contributed by atoms with Gasteiger partial charge in [0.25, 0.3) is 0 Å². The average molecular weight is 240 g/mol. The van der Waals surface area contributed by atoms with Crippen molar-refractivity contribution in [3.8, 4) is 0 Å². The number of benzene rings is 1. The van der Waals surface area contributed by atoms with Crippen molar-refractivity contribution < 1.29 is 8.78 Å². The van der Waals surface area contributed by atoms with E-state index in [1.54, 1.807) is 6.07 Å². The maximum atomic E-state index is 12.5. The molecule has 0 aliphatic heterocycles. The van der Waals surface area contributed by atoms with Crippen LogP contribution < -0.4 is 5.73 Å². The summed E-state index contributed by atoms with van der Waals surface area (Å²) in [5.41, 5.74) is 5.55. The second-order valence-electron chi connectivity index (χ2n) is 2.84. The summed E-state index contributed by atoms with van der Waals surface area (Å²) in [4.78, 5) is 0. The highest BCUT2D eigenvalue weighted by atomic mass is 35.5. The van der Waals surface area contributed by atoms with Crippen molar-refractivity contribution in [2.75, 3.05) is 6.54 Å². The van der Waals surface area contributed by atoms with Crippen molar-refractivity contribution in [3.05, 3.63) is 33.8 Å². The summed E-state index contributed by atoms with van der Waals surface area (Å²) in [5, 5.41) is 0.647. The zero-order valence-electron chi connectivity index (χ0n) is 7.18. The van der Waals surface area contributed by atoms with Crippen LogP contribution in [0.3, 0.4) is 0 Å². The van der Waals surface area contributed by atoms with Crippen LogP contribution in [-0.4, -0.2) is 13.0 Å².